The predicted octanol–water partition coefficient (Wildman–Crippen LogP) is 4.45. The fourth-order valence-electron chi connectivity index (χ4n) is 2.34. The van der Waals surface area contributed by atoms with Gasteiger partial charge in [0, 0.05) is 11.0 Å². The molecule has 2 rings (SSSR count). The monoisotopic (exact) mass is 325 g/mol. The third-order valence-electron chi connectivity index (χ3n) is 3.00. The van der Waals surface area contributed by atoms with Gasteiger partial charge in [-0.3, -0.25) is 4.90 Å². The summed E-state index contributed by atoms with van der Waals surface area (Å²) in [6.45, 7) is 8.45. The molecule has 0 aromatic heterocycles. The van der Waals surface area contributed by atoms with E-state index >= 15 is 0 Å². The Kier molecular flexibility index (Phi) is 3.90. The van der Waals surface area contributed by atoms with E-state index in [-0.39, 0.29) is 6.09 Å². The van der Waals surface area contributed by atoms with Crippen molar-refractivity contribution in [3.63, 3.8) is 0 Å². The SMILES string of the molecule is Cc1cc(Br)c2c(c1)CCCN2C(=O)OC(C)(C)C. The number of rotatable bonds is 0. The Morgan fingerprint density at radius 2 is 2.05 bits per heavy atom. The average molecular weight is 326 g/mol. The minimum atomic E-state index is -0.466. The molecule has 0 bridgehead atoms. The summed E-state index contributed by atoms with van der Waals surface area (Å²) in [5.74, 6) is 0. The van der Waals surface area contributed by atoms with Gasteiger partial charge in [-0.1, -0.05) is 6.07 Å². The van der Waals surface area contributed by atoms with Crippen molar-refractivity contribution in [3.05, 3.63) is 27.7 Å². The first-order valence-corrected chi connectivity index (χ1v) is 7.37. The molecule has 1 aliphatic heterocycles. The van der Waals surface area contributed by atoms with Gasteiger partial charge in [-0.25, -0.2) is 4.79 Å². The highest BCUT2D eigenvalue weighted by Crippen LogP contribution is 2.36. The van der Waals surface area contributed by atoms with Crippen LogP contribution in [0.15, 0.2) is 16.6 Å². The lowest BCUT2D eigenvalue weighted by Crippen LogP contribution is -2.40. The van der Waals surface area contributed by atoms with Crippen LogP contribution >= 0.6 is 15.9 Å². The average Bonchev–Trinajstić information content (AvgIpc) is 2.25. The number of nitrogens with zero attached hydrogens (tertiary/aromatic N) is 1. The van der Waals surface area contributed by atoms with Crippen LogP contribution in [0.1, 0.15) is 38.3 Å². The molecule has 1 amide bonds. The Morgan fingerprint density at radius 1 is 1.37 bits per heavy atom. The van der Waals surface area contributed by atoms with E-state index in [4.69, 9.17) is 4.74 Å². The first kappa shape index (κ1) is 14.4. The number of hydrogen-bond acceptors (Lipinski definition) is 2. The highest BCUT2D eigenvalue weighted by Gasteiger charge is 2.28. The van der Waals surface area contributed by atoms with Gasteiger partial charge in [-0.2, -0.15) is 0 Å². The molecular weight excluding hydrogens is 306 g/mol. The standard InChI is InChI=1S/C15H20BrNO2/c1-10-8-11-6-5-7-17(13(11)12(16)9-10)14(18)19-15(2,3)4/h8-9H,5-7H2,1-4H3. The Bertz CT molecular complexity index is 506. The highest BCUT2D eigenvalue weighted by molar-refractivity contribution is 9.10. The lowest BCUT2D eigenvalue weighted by atomic mass is 10.00. The van der Waals surface area contributed by atoms with Crippen LogP contribution in [0.25, 0.3) is 0 Å². The van der Waals surface area contributed by atoms with Gasteiger partial charge in [0.1, 0.15) is 5.60 Å². The molecule has 0 fully saturated rings. The molecular formula is C15H20BrNO2. The minimum absolute atomic E-state index is 0.266. The Morgan fingerprint density at radius 3 is 2.68 bits per heavy atom. The van der Waals surface area contributed by atoms with Crippen molar-refractivity contribution in [3.8, 4) is 0 Å². The molecule has 1 heterocycles. The molecule has 0 saturated carbocycles. The van der Waals surface area contributed by atoms with E-state index in [0.29, 0.717) is 6.54 Å². The maximum atomic E-state index is 12.3. The van der Waals surface area contributed by atoms with Crippen LogP contribution in [0, 0.1) is 6.92 Å². The highest BCUT2D eigenvalue weighted by atomic mass is 79.9. The topological polar surface area (TPSA) is 29.5 Å². The number of anilines is 1. The summed E-state index contributed by atoms with van der Waals surface area (Å²) in [5, 5.41) is 0. The van der Waals surface area contributed by atoms with E-state index in [1.165, 1.54) is 11.1 Å². The molecule has 19 heavy (non-hydrogen) atoms. The second kappa shape index (κ2) is 5.16. The van der Waals surface area contributed by atoms with Crippen LogP contribution in [0.4, 0.5) is 10.5 Å². The largest absolute Gasteiger partial charge is 0.443 e. The van der Waals surface area contributed by atoms with E-state index in [1.807, 2.05) is 26.8 Å². The molecule has 0 unspecified atom stereocenters. The van der Waals surface area contributed by atoms with Crippen molar-refractivity contribution in [1.82, 2.24) is 0 Å². The van der Waals surface area contributed by atoms with Crippen LogP contribution in [-0.2, 0) is 11.2 Å². The minimum Gasteiger partial charge on any atom is -0.443 e. The molecule has 0 saturated heterocycles. The third kappa shape index (κ3) is 3.30. The Hall–Kier alpha value is -1.03. The van der Waals surface area contributed by atoms with Crippen LogP contribution < -0.4 is 4.90 Å². The summed E-state index contributed by atoms with van der Waals surface area (Å²) in [5.41, 5.74) is 2.91. The molecule has 104 valence electrons. The van der Waals surface area contributed by atoms with Crippen LogP contribution in [0.2, 0.25) is 0 Å². The molecule has 0 radical (unpaired) electrons. The summed E-state index contributed by atoms with van der Waals surface area (Å²) >= 11 is 3.57. The molecule has 0 atom stereocenters. The third-order valence-corrected chi connectivity index (χ3v) is 3.60. The Labute approximate surface area is 123 Å². The molecule has 1 aromatic carbocycles. The maximum Gasteiger partial charge on any atom is 0.414 e. The van der Waals surface area contributed by atoms with Crippen molar-refractivity contribution in [2.75, 3.05) is 11.4 Å². The zero-order valence-electron chi connectivity index (χ0n) is 11.9. The zero-order chi connectivity index (χ0) is 14.2. The van der Waals surface area contributed by atoms with Crippen molar-refractivity contribution in [2.24, 2.45) is 0 Å². The van der Waals surface area contributed by atoms with Gasteiger partial charge in [0.15, 0.2) is 0 Å². The molecule has 4 heteroatoms. The van der Waals surface area contributed by atoms with Gasteiger partial charge in [-0.05, 0) is 73.7 Å². The second-order valence-electron chi connectivity index (χ2n) is 5.99. The number of ether oxygens (including phenoxy) is 1. The van der Waals surface area contributed by atoms with E-state index in [1.54, 1.807) is 4.90 Å². The van der Waals surface area contributed by atoms with Crippen LogP contribution in [0.3, 0.4) is 0 Å². The zero-order valence-corrected chi connectivity index (χ0v) is 13.5. The fourth-order valence-corrected chi connectivity index (χ4v) is 3.17. The van der Waals surface area contributed by atoms with Gasteiger partial charge in [-0.15, -0.1) is 0 Å². The first-order valence-electron chi connectivity index (χ1n) is 6.57. The van der Waals surface area contributed by atoms with Crippen LogP contribution in [0.5, 0.6) is 0 Å². The predicted molar refractivity (Wildman–Crippen MR) is 80.8 cm³/mol. The van der Waals surface area contributed by atoms with Gasteiger partial charge >= 0.3 is 6.09 Å². The molecule has 1 aromatic rings. The van der Waals surface area contributed by atoms with Gasteiger partial charge in [0.2, 0.25) is 0 Å². The van der Waals surface area contributed by atoms with Gasteiger partial charge in [0.05, 0.1) is 5.69 Å². The smallest absolute Gasteiger partial charge is 0.414 e. The summed E-state index contributed by atoms with van der Waals surface area (Å²) in [4.78, 5) is 14.0. The summed E-state index contributed by atoms with van der Waals surface area (Å²) in [6, 6.07) is 4.19. The van der Waals surface area contributed by atoms with Gasteiger partial charge in [0.25, 0.3) is 0 Å². The quantitative estimate of drug-likeness (QED) is 0.705. The molecule has 0 spiro atoms. The summed E-state index contributed by atoms with van der Waals surface area (Å²) < 4.78 is 6.45. The summed E-state index contributed by atoms with van der Waals surface area (Å²) in [6.07, 6.45) is 1.72. The Balaban J connectivity index is 2.35. The fraction of sp³-hybridized carbons (Fsp3) is 0.533. The molecule has 3 nitrogen and oxygen atoms in total. The van der Waals surface area contributed by atoms with Crippen molar-refractivity contribution in [1.29, 1.82) is 0 Å². The molecule has 0 aliphatic carbocycles. The van der Waals surface area contributed by atoms with E-state index in [0.717, 1.165) is 23.0 Å². The molecule has 0 N–H and O–H groups in total. The van der Waals surface area contributed by atoms with E-state index < -0.39 is 5.60 Å². The number of carbonyl (C=O) groups is 1. The second-order valence-corrected chi connectivity index (χ2v) is 6.84. The summed E-state index contributed by atoms with van der Waals surface area (Å²) in [7, 11) is 0. The molecule has 1 aliphatic rings. The normalized spacial score (nSPS) is 15.1. The van der Waals surface area contributed by atoms with Crippen LogP contribution in [-0.4, -0.2) is 18.2 Å². The number of hydrogen-bond donors (Lipinski definition) is 0. The van der Waals surface area contributed by atoms with E-state index in [2.05, 4.69) is 28.9 Å². The van der Waals surface area contributed by atoms with Gasteiger partial charge < -0.3 is 4.74 Å². The maximum absolute atomic E-state index is 12.3. The number of aryl methyl sites for hydroxylation is 2. The number of fused-ring (bicyclic) bond motifs is 1. The van der Waals surface area contributed by atoms with E-state index in [9.17, 15) is 4.79 Å². The first-order chi connectivity index (χ1) is 8.78. The lowest BCUT2D eigenvalue weighted by molar-refractivity contribution is 0.0577. The number of halogens is 1. The number of amides is 1. The van der Waals surface area contributed by atoms with Crippen molar-refractivity contribution >= 4 is 27.7 Å². The lowest BCUT2D eigenvalue weighted by Gasteiger charge is -2.32. The van der Waals surface area contributed by atoms with Crippen molar-refractivity contribution < 1.29 is 9.53 Å². The van der Waals surface area contributed by atoms with Crippen molar-refractivity contribution in [2.45, 2.75) is 46.1 Å². The number of carbonyl (C=O) groups excluding carboxylic acids is 1. The number of benzene rings is 1.